The van der Waals surface area contributed by atoms with Gasteiger partial charge in [0.05, 0.1) is 12.0 Å². The van der Waals surface area contributed by atoms with Crippen LogP contribution in [0.15, 0.2) is 96.2 Å². The molecule has 1 heterocycles. The monoisotopic (exact) mass is 460 g/mol. The lowest BCUT2D eigenvalue weighted by molar-refractivity contribution is 0.102. The number of ether oxygens (including phenoxy) is 1. The SMILES string of the molecule is COc1nccnc1NS(=O)(=O)c1ccc(NC(=O)c2ccc(-c3ccccc3)cc2)cc1. The molecule has 166 valence electrons. The molecule has 0 aliphatic carbocycles. The fraction of sp³-hybridized carbons (Fsp3) is 0.0417. The molecule has 4 rings (SSSR count). The van der Waals surface area contributed by atoms with Gasteiger partial charge in [-0.25, -0.2) is 18.4 Å². The molecule has 0 unspecified atom stereocenters. The summed E-state index contributed by atoms with van der Waals surface area (Å²) in [5, 5.41) is 2.77. The summed E-state index contributed by atoms with van der Waals surface area (Å²) in [6.07, 6.45) is 2.74. The van der Waals surface area contributed by atoms with E-state index in [9.17, 15) is 13.2 Å². The molecule has 0 saturated carbocycles. The van der Waals surface area contributed by atoms with Gasteiger partial charge in [0.1, 0.15) is 0 Å². The van der Waals surface area contributed by atoms with Crippen molar-refractivity contribution in [3.8, 4) is 17.0 Å². The Morgan fingerprint density at radius 3 is 2.12 bits per heavy atom. The summed E-state index contributed by atoms with van der Waals surface area (Å²) < 4.78 is 32.7. The lowest BCUT2D eigenvalue weighted by atomic mass is 10.0. The van der Waals surface area contributed by atoms with Crippen molar-refractivity contribution >= 4 is 27.4 Å². The fourth-order valence-electron chi connectivity index (χ4n) is 3.10. The van der Waals surface area contributed by atoms with Crippen molar-refractivity contribution in [1.82, 2.24) is 9.97 Å². The minimum Gasteiger partial charge on any atom is -0.478 e. The molecular formula is C24H20N4O4S. The van der Waals surface area contributed by atoms with Gasteiger partial charge in [-0.2, -0.15) is 0 Å². The molecule has 0 radical (unpaired) electrons. The first-order chi connectivity index (χ1) is 16.0. The number of rotatable bonds is 7. The van der Waals surface area contributed by atoms with E-state index in [0.29, 0.717) is 11.3 Å². The summed E-state index contributed by atoms with van der Waals surface area (Å²) in [5.41, 5.74) is 3.02. The van der Waals surface area contributed by atoms with Crippen LogP contribution in [0.4, 0.5) is 11.5 Å². The topological polar surface area (TPSA) is 110 Å². The Kier molecular flexibility index (Phi) is 6.32. The molecule has 1 aromatic heterocycles. The van der Waals surface area contributed by atoms with Gasteiger partial charge >= 0.3 is 0 Å². The summed E-state index contributed by atoms with van der Waals surface area (Å²) in [7, 11) is -2.55. The summed E-state index contributed by atoms with van der Waals surface area (Å²) >= 11 is 0. The van der Waals surface area contributed by atoms with Crippen molar-refractivity contribution in [3.05, 3.63) is 96.8 Å². The Balaban J connectivity index is 1.44. The van der Waals surface area contributed by atoms with Gasteiger partial charge in [0, 0.05) is 23.6 Å². The van der Waals surface area contributed by atoms with Gasteiger partial charge in [0.2, 0.25) is 5.82 Å². The Morgan fingerprint density at radius 1 is 0.818 bits per heavy atom. The normalized spacial score (nSPS) is 10.9. The minimum absolute atomic E-state index is 0.000388. The molecule has 0 aliphatic heterocycles. The number of hydrogen-bond donors (Lipinski definition) is 2. The zero-order chi connectivity index (χ0) is 23.3. The predicted octanol–water partition coefficient (Wildman–Crippen LogP) is 4.21. The molecule has 0 spiro atoms. The first kappa shape index (κ1) is 22.0. The van der Waals surface area contributed by atoms with E-state index in [0.717, 1.165) is 11.1 Å². The van der Waals surface area contributed by atoms with E-state index in [1.807, 2.05) is 42.5 Å². The van der Waals surface area contributed by atoms with Crippen LogP contribution in [0.2, 0.25) is 0 Å². The maximum absolute atomic E-state index is 12.7. The van der Waals surface area contributed by atoms with Crippen LogP contribution in [0, 0.1) is 0 Å². The van der Waals surface area contributed by atoms with Gasteiger partial charge in [-0.15, -0.1) is 0 Å². The van der Waals surface area contributed by atoms with Crippen LogP contribution in [0.25, 0.3) is 11.1 Å². The summed E-state index contributed by atoms with van der Waals surface area (Å²) in [4.78, 5) is 20.4. The average Bonchev–Trinajstić information content (AvgIpc) is 2.85. The van der Waals surface area contributed by atoms with E-state index in [4.69, 9.17) is 4.74 Å². The number of sulfonamides is 1. The fourth-order valence-corrected chi connectivity index (χ4v) is 4.10. The number of nitrogens with zero attached hydrogens (tertiary/aromatic N) is 2. The van der Waals surface area contributed by atoms with E-state index >= 15 is 0 Å². The molecule has 0 aliphatic rings. The van der Waals surface area contributed by atoms with E-state index < -0.39 is 10.0 Å². The van der Waals surface area contributed by atoms with Gasteiger partial charge in [-0.05, 0) is 47.5 Å². The third kappa shape index (κ3) is 5.16. The highest BCUT2D eigenvalue weighted by Gasteiger charge is 2.18. The molecule has 1 amide bonds. The number of carbonyl (C=O) groups excluding carboxylic acids is 1. The molecule has 8 nitrogen and oxygen atoms in total. The third-order valence-corrected chi connectivity index (χ3v) is 6.12. The summed E-state index contributed by atoms with van der Waals surface area (Å²) in [6.45, 7) is 0. The van der Waals surface area contributed by atoms with Gasteiger partial charge < -0.3 is 10.1 Å². The van der Waals surface area contributed by atoms with Crippen molar-refractivity contribution in [2.24, 2.45) is 0 Å². The maximum atomic E-state index is 12.7. The first-order valence-corrected chi connectivity index (χ1v) is 11.4. The Labute approximate surface area is 191 Å². The quantitative estimate of drug-likeness (QED) is 0.428. The number of nitrogens with one attached hydrogen (secondary N) is 2. The molecule has 3 aromatic carbocycles. The molecule has 0 fully saturated rings. The highest BCUT2D eigenvalue weighted by Crippen LogP contribution is 2.23. The van der Waals surface area contributed by atoms with Crippen molar-refractivity contribution in [2.75, 3.05) is 17.1 Å². The van der Waals surface area contributed by atoms with E-state index in [2.05, 4.69) is 20.0 Å². The van der Waals surface area contributed by atoms with Crippen LogP contribution >= 0.6 is 0 Å². The van der Waals surface area contributed by atoms with Gasteiger partial charge in [-0.1, -0.05) is 42.5 Å². The molecule has 4 aromatic rings. The van der Waals surface area contributed by atoms with Crippen molar-refractivity contribution in [3.63, 3.8) is 0 Å². The second-order valence-corrected chi connectivity index (χ2v) is 8.62. The van der Waals surface area contributed by atoms with E-state index in [1.165, 1.54) is 43.8 Å². The second kappa shape index (κ2) is 9.49. The summed E-state index contributed by atoms with van der Waals surface area (Å²) in [5.74, 6) is -0.257. The Morgan fingerprint density at radius 2 is 1.45 bits per heavy atom. The highest BCUT2D eigenvalue weighted by atomic mass is 32.2. The molecule has 2 N–H and O–H groups in total. The zero-order valence-corrected chi connectivity index (χ0v) is 18.4. The number of benzene rings is 3. The van der Waals surface area contributed by atoms with E-state index in [-0.39, 0.29) is 22.5 Å². The third-order valence-electron chi connectivity index (χ3n) is 4.77. The minimum atomic E-state index is -3.92. The average molecular weight is 461 g/mol. The Hall–Kier alpha value is -4.24. The number of hydrogen-bond acceptors (Lipinski definition) is 6. The lowest BCUT2D eigenvalue weighted by Crippen LogP contribution is -2.15. The molecule has 0 saturated heterocycles. The maximum Gasteiger partial charge on any atom is 0.263 e. The van der Waals surface area contributed by atoms with Crippen molar-refractivity contribution < 1.29 is 17.9 Å². The number of carbonyl (C=O) groups is 1. The number of amides is 1. The second-order valence-electron chi connectivity index (χ2n) is 6.94. The van der Waals surface area contributed by atoms with Crippen molar-refractivity contribution in [2.45, 2.75) is 4.90 Å². The molecule has 0 bridgehead atoms. The van der Waals surface area contributed by atoms with Crippen LogP contribution in [-0.4, -0.2) is 31.4 Å². The van der Waals surface area contributed by atoms with Gasteiger partial charge in [-0.3, -0.25) is 9.52 Å². The smallest absolute Gasteiger partial charge is 0.263 e. The van der Waals surface area contributed by atoms with Gasteiger partial charge in [0.15, 0.2) is 0 Å². The van der Waals surface area contributed by atoms with Gasteiger partial charge in [0.25, 0.3) is 21.8 Å². The molecule has 9 heteroatoms. The number of methoxy groups -OCH3 is 1. The summed E-state index contributed by atoms with van der Waals surface area (Å²) in [6, 6.07) is 22.9. The molecule has 33 heavy (non-hydrogen) atoms. The van der Waals surface area contributed by atoms with Crippen LogP contribution in [-0.2, 0) is 10.0 Å². The van der Waals surface area contributed by atoms with Crippen LogP contribution in [0.3, 0.4) is 0 Å². The first-order valence-electron chi connectivity index (χ1n) is 9.91. The highest BCUT2D eigenvalue weighted by molar-refractivity contribution is 7.92. The van der Waals surface area contributed by atoms with Crippen LogP contribution < -0.4 is 14.8 Å². The lowest BCUT2D eigenvalue weighted by Gasteiger charge is -2.11. The van der Waals surface area contributed by atoms with Crippen LogP contribution in [0.5, 0.6) is 5.88 Å². The number of anilines is 2. The largest absolute Gasteiger partial charge is 0.478 e. The Bertz CT molecular complexity index is 1360. The molecular weight excluding hydrogens is 440 g/mol. The van der Waals surface area contributed by atoms with Crippen LogP contribution in [0.1, 0.15) is 10.4 Å². The molecule has 0 atom stereocenters. The van der Waals surface area contributed by atoms with E-state index in [1.54, 1.807) is 12.1 Å². The van der Waals surface area contributed by atoms with Crippen molar-refractivity contribution in [1.29, 1.82) is 0 Å². The zero-order valence-electron chi connectivity index (χ0n) is 17.6. The number of aromatic nitrogens is 2. The predicted molar refractivity (Wildman–Crippen MR) is 126 cm³/mol. The standard InChI is InChI=1S/C24H20N4O4S/c1-32-24-22(25-15-16-26-24)28-33(30,31)21-13-11-20(12-14-21)27-23(29)19-9-7-18(8-10-19)17-5-3-2-4-6-17/h2-16H,1H3,(H,25,28)(H,27,29).